The van der Waals surface area contributed by atoms with Crippen LogP contribution in [0.1, 0.15) is 30.4 Å². The molecule has 2 heterocycles. The highest BCUT2D eigenvalue weighted by Gasteiger charge is 2.59. The normalized spacial score (nSPS) is 25.6. The highest BCUT2D eigenvalue weighted by molar-refractivity contribution is 7.90. The molecule has 2 aliphatic heterocycles. The number of amides is 1. The third-order valence-electron chi connectivity index (χ3n) is 6.99. The number of alkyl halides is 2. The van der Waals surface area contributed by atoms with Crippen molar-refractivity contribution in [1.29, 1.82) is 0 Å². The predicted octanol–water partition coefficient (Wildman–Crippen LogP) is 3.57. The molecule has 5 rings (SSSR count). The summed E-state index contributed by atoms with van der Waals surface area (Å²) >= 11 is 0. The van der Waals surface area contributed by atoms with Crippen molar-refractivity contribution in [3.63, 3.8) is 0 Å². The molecular formula is C25H26F4N2O4S. The fourth-order valence-electron chi connectivity index (χ4n) is 4.88. The molecular weight excluding hydrogens is 500 g/mol. The number of rotatable bonds is 7. The Labute approximate surface area is 206 Å². The Balaban J connectivity index is 1.51. The summed E-state index contributed by atoms with van der Waals surface area (Å²) in [5, 5.41) is -0.745. The van der Waals surface area contributed by atoms with Crippen LogP contribution in [-0.4, -0.2) is 61.7 Å². The van der Waals surface area contributed by atoms with E-state index in [1.165, 1.54) is 30.3 Å². The zero-order valence-electron chi connectivity index (χ0n) is 19.5. The van der Waals surface area contributed by atoms with E-state index >= 15 is 13.2 Å². The van der Waals surface area contributed by atoms with Crippen molar-refractivity contribution in [2.24, 2.45) is 0 Å². The van der Waals surface area contributed by atoms with Crippen LogP contribution in [-0.2, 0) is 26.0 Å². The molecule has 36 heavy (non-hydrogen) atoms. The van der Waals surface area contributed by atoms with Crippen molar-refractivity contribution in [3.8, 4) is 11.1 Å². The van der Waals surface area contributed by atoms with Crippen molar-refractivity contribution in [2.75, 3.05) is 13.2 Å². The first-order chi connectivity index (χ1) is 17.0. The molecule has 0 unspecified atom stereocenters. The standard InChI is InChI=1S/C25H26F4N2O4S/c1-14-9-16(11-17(26)10-14)19-4-2-3-15(22(19)27)12-20-23(30-36(33,34)18-5-6-18)25(28,29)13-31(20)24(32)21-7-8-35-21/h2-4,9-11,18,20-21,23,30H,5-8,12-13H2,1H3/t20-,21+,23+/m0/s1. The van der Waals surface area contributed by atoms with Gasteiger partial charge in [0.1, 0.15) is 23.8 Å². The number of ether oxygens (including phenoxy) is 1. The van der Waals surface area contributed by atoms with Gasteiger partial charge >= 0.3 is 0 Å². The van der Waals surface area contributed by atoms with Gasteiger partial charge in [-0.1, -0.05) is 24.3 Å². The van der Waals surface area contributed by atoms with Crippen LogP contribution in [0, 0.1) is 18.6 Å². The molecule has 11 heteroatoms. The molecule has 1 saturated carbocycles. The van der Waals surface area contributed by atoms with Crippen molar-refractivity contribution < 1.29 is 35.5 Å². The number of aryl methyl sites for hydroxylation is 1. The summed E-state index contributed by atoms with van der Waals surface area (Å²) in [6.45, 7) is 0.989. The van der Waals surface area contributed by atoms with Crippen LogP contribution in [0.5, 0.6) is 0 Å². The molecule has 1 amide bonds. The van der Waals surface area contributed by atoms with Crippen molar-refractivity contribution in [2.45, 2.75) is 62.0 Å². The second kappa shape index (κ2) is 9.11. The third-order valence-corrected chi connectivity index (χ3v) is 8.93. The van der Waals surface area contributed by atoms with Gasteiger partial charge < -0.3 is 9.64 Å². The second-order valence-electron chi connectivity index (χ2n) is 9.78. The van der Waals surface area contributed by atoms with Gasteiger partial charge in [0.05, 0.1) is 24.4 Å². The lowest BCUT2D eigenvalue weighted by atomic mass is 9.94. The highest BCUT2D eigenvalue weighted by Crippen LogP contribution is 2.39. The summed E-state index contributed by atoms with van der Waals surface area (Å²) in [6.07, 6.45) is -0.121. The molecule has 0 radical (unpaired) electrons. The van der Waals surface area contributed by atoms with E-state index in [2.05, 4.69) is 4.72 Å². The molecule has 2 aromatic carbocycles. The second-order valence-corrected chi connectivity index (χ2v) is 11.8. The van der Waals surface area contributed by atoms with Gasteiger partial charge in [-0.25, -0.2) is 30.7 Å². The molecule has 0 aromatic heterocycles. The number of nitrogens with zero attached hydrogens (tertiary/aromatic N) is 1. The average Bonchev–Trinajstić information content (AvgIpc) is 3.57. The Morgan fingerprint density at radius 2 is 1.89 bits per heavy atom. The first-order valence-corrected chi connectivity index (χ1v) is 13.4. The fourth-order valence-corrected chi connectivity index (χ4v) is 6.52. The summed E-state index contributed by atoms with van der Waals surface area (Å²) in [5.74, 6) is -5.53. The van der Waals surface area contributed by atoms with Gasteiger partial charge in [0.15, 0.2) is 0 Å². The van der Waals surface area contributed by atoms with E-state index in [0.717, 1.165) is 4.90 Å². The largest absolute Gasteiger partial charge is 0.368 e. The Bertz CT molecular complexity index is 1270. The molecule has 2 saturated heterocycles. The maximum absolute atomic E-state index is 15.7. The summed E-state index contributed by atoms with van der Waals surface area (Å²) in [6, 6.07) is 5.18. The highest BCUT2D eigenvalue weighted by atomic mass is 32.2. The van der Waals surface area contributed by atoms with Crippen molar-refractivity contribution >= 4 is 15.9 Å². The summed E-state index contributed by atoms with van der Waals surface area (Å²) in [7, 11) is -4.03. The Morgan fingerprint density at radius 3 is 2.50 bits per heavy atom. The van der Waals surface area contributed by atoms with Crippen LogP contribution < -0.4 is 4.72 Å². The number of hydrogen-bond acceptors (Lipinski definition) is 4. The molecule has 3 atom stereocenters. The quantitative estimate of drug-likeness (QED) is 0.560. The molecule has 6 nitrogen and oxygen atoms in total. The van der Waals surface area contributed by atoms with Crippen LogP contribution in [0.2, 0.25) is 0 Å². The average molecular weight is 527 g/mol. The number of likely N-dealkylation sites (tertiary alicyclic amines) is 1. The molecule has 2 aromatic rings. The van der Waals surface area contributed by atoms with Gasteiger partial charge in [0, 0.05) is 12.0 Å². The summed E-state index contributed by atoms with van der Waals surface area (Å²) < 4.78 is 92.6. The van der Waals surface area contributed by atoms with E-state index < -0.39 is 63.5 Å². The van der Waals surface area contributed by atoms with E-state index in [9.17, 15) is 17.6 Å². The number of sulfonamides is 1. The van der Waals surface area contributed by atoms with E-state index in [1.54, 1.807) is 13.0 Å². The minimum Gasteiger partial charge on any atom is -0.368 e. The lowest BCUT2D eigenvalue weighted by Gasteiger charge is -2.34. The molecule has 0 spiro atoms. The SMILES string of the molecule is Cc1cc(F)cc(-c2cccc(C[C@H]3[C@@H](NS(=O)(=O)C4CC4)C(F)(F)CN3C(=O)[C@H]3CCO3)c2F)c1. The Morgan fingerprint density at radius 1 is 1.17 bits per heavy atom. The molecule has 194 valence electrons. The number of halogens is 4. The van der Waals surface area contributed by atoms with Crippen LogP contribution in [0.15, 0.2) is 36.4 Å². The van der Waals surface area contributed by atoms with Crippen LogP contribution in [0.3, 0.4) is 0 Å². The first-order valence-electron chi connectivity index (χ1n) is 11.8. The third kappa shape index (κ3) is 4.76. The van der Waals surface area contributed by atoms with E-state index in [0.29, 0.717) is 31.4 Å². The van der Waals surface area contributed by atoms with E-state index in [4.69, 9.17) is 4.74 Å². The van der Waals surface area contributed by atoms with Gasteiger partial charge in [0.2, 0.25) is 10.0 Å². The number of hydrogen-bond donors (Lipinski definition) is 1. The molecule has 3 fully saturated rings. The first kappa shape index (κ1) is 25.2. The number of carbonyl (C=O) groups is 1. The summed E-state index contributed by atoms with van der Waals surface area (Å²) in [4.78, 5) is 13.9. The Hall–Kier alpha value is -2.50. The van der Waals surface area contributed by atoms with E-state index in [-0.39, 0.29) is 23.1 Å². The fraction of sp³-hybridized carbons (Fsp3) is 0.480. The van der Waals surface area contributed by atoms with Gasteiger partial charge in [0.25, 0.3) is 11.8 Å². The molecule has 3 aliphatic rings. The molecule has 0 bridgehead atoms. The van der Waals surface area contributed by atoms with Crippen LogP contribution in [0.4, 0.5) is 17.6 Å². The molecule has 1 N–H and O–H groups in total. The maximum Gasteiger partial charge on any atom is 0.283 e. The number of carbonyl (C=O) groups excluding carboxylic acids is 1. The Kier molecular flexibility index (Phi) is 6.37. The van der Waals surface area contributed by atoms with Gasteiger partial charge in [-0.05, 0) is 55.0 Å². The van der Waals surface area contributed by atoms with Crippen molar-refractivity contribution in [1.82, 2.24) is 9.62 Å². The minimum atomic E-state index is -4.03. The van der Waals surface area contributed by atoms with Crippen LogP contribution >= 0.6 is 0 Å². The smallest absolute Gasteiger partial charge is 0.283 e. The lowest BCUT2D eigenvalue weighted by molar-refractivity contribution is -0.158. The van der Waals surface area contributed by atoms with E-state index in [1.807, 2.05) is 0 Å². The van der Waals surface area contributed by atoms with Gasteiger partial charge in [-0.15, -0.1) is 0 Å². The summed E-state index contributed by atoms with van der Waals surface area (Å²) in [5.41, 5.74) is 0.956. The molecule has 1 aliphatic carbocycles. The van der Waals surface area contributed by atoms with Gasteiger partial charge in [-0.2, -0.15) is 0 Å². The van der Waals surface area contributed by atoms with Crippen LogP contribution in [0.25, 0.3) is 11.1 Å². The number of benzene rings is 2. The predicted molar refractivity (Wildman–Crippen MR) is 124 cm³/mol. The zero-order chi connectivity index (χ0) is 25.8. The monoisotopic (exact) mass is 526 g/mol. The van der Waals surface area contributed by atoms with Gasteiger partial charge in [-0.3, -0.25) is 4.79 Å². The number of nitrogens with one attached hydrogen (secondary N) is 1. The topological polar surface area (TPSA) is 75.7 Å². The maximum atomic E-state index is 15.7. The zero-order valence-corrected chi connectivity index (χ0v) is 20.3. The minimum absolute atomic E-state index is 0.0139. The van der Waals surface area contributed by atoms with Crippen molar-refractivity contribution in [3.05, 3.63) is 59.2 Å². The lowest BCUT2D eigenvalue weighted by Crippen LogP contribution is -2.54.